The molecule has 1 atom stereocenters. The average molecular weight is 456 g/mol. The molecule has 1 fully saturated rings. The highest BCUT2D eigenvalue weighted by molar-refractivity contribution is 9.10. The third kappa shape index (κ3) is 4.04. The summed E-state index contributed by atoms with van der Waals surface area (Å²) in [5, 5.41) is 15.5. The van der Waals surface area contributed by atoms with Crippen LogP contribution in [0.1, 0.15) is 12.8 Å². The third-order valence-corrected chi connectivity index (χ3v) is 5.55. The predicted molar refractivity (Wildman–Crippen MR) is 114 cm³/mol. The van der Waals surface area contributed by atoms with Crippen molar-refractivity contribution >= 4 is 49.8 Å². The molecular weight excluding hydrogens is 438 g/mol. The van der Waals surface area contributed by atoms with Crippen molar-refractivity contribution in [3.05, 3.63) is 63.5 Å². The van der Waals surface area contributed by atoms with Gasteiger partial charge in [0.2, 0.25) is 5.91 Å². The van der Waals surface area contributed by atoms with E-state index in [-0.39, 0.29) is 17.5 Å². The number of pyridine rings is 2. The van der Waals surface area contributed by atoms with Crippen LogP contribution in [0.2, 0.25) is 0 Å². The molecule has 0 saturated carbocycles. The number of aromatic nitrogens is 2. The maximum atomic E-state index is 12.7. The van der Waals surface area contributed by atoms with Gasteiger partial charge in [-0.05, 0) is 53.0 Å². The van der Waals surface area contributed by atoms with E-state index >= 15 is 0 Å². The Bertz CT molecular complexity index is 1070. The number of non-ortho nitro benzene ring substituents is 1. The topological polar surface area (TPSA) is 101 Å². The molecule has 0 spiro atoms. The lowest BCUT2D eigenvalue weighted by Gasteiger charge is -2.34. The van der Waals surface area contributed by atoms with Crippen LogP contribution in [0.25, 0.3) is 10.8 Å². The molecular formula is C20H18BrN5O3. The van der Waals surface area contributed by atoms with Crippen molar-refractivity contribution in [2.75, 3.05) is 23.3 Å². The number of carbonyl (C=O) groups is 1. The van der Waals surface area contributed by atoms with Crippen molar-refractivity contribution in [3.8, 4) is 0 Å². The Balaban J connectivity index is 1.57. The number of hydrogen-bond acceptors (Lipinski definition) is 6. The Morgan fingerprint density at radius 1 is 1.21 bits per heavy atom. The molecule has 1 aliphatic rings. The minimum Gasteiger partial charge on any atom is -0.370 e. The number of amides is 1. The highest BCUT2D eigenvalue weighted by Crippen LogP contribution is 2.35. The van der Waals surface area contributed by atoms with Gasteiger partial charge in [0.25, 0.3) is 5.69 Å². The van der Waals surface area contributed by atoms with E-state index in [4.69, 9.17) is 0 Å². The van der Waals surface area contributed by atoms with Crippen molar-refractivity contribution in [2.45, 2.75) is 12.8 Å². The summed E-state index contributed by atoms with van der Waals surface area (Å²) in [7, 11) is 0. The lowest BCUT2D eigenvalue weighted by atomic mass is 9.95. The Morgan fingerprint density at radius 3 is 2.83 bits per heavy atom. The van der Waals surface area contributed by atoms with E-state index in [1.54, 1.807) is 30.6 Å². The Kier molecular flexibility index (Phi) is 5.39. The van der Waals surface area contributed by atoms with Crippen LogP contribution in [-0.2, 0) is 4.79 Å². The van der Waals surface area contributed by atoms with Gasteiger partial charge in [-0.15, -0.1) is 0 Å². The van der Waals surface area contributed by atoms with Crippen molar-refractivity contribution in [1.29, 1.82) is 0 Å². The fraction of sp³-hybridized carbons (Fsp3) is 0.250. The number of hydrogen-bond donors (Lipinski definition) is 1. The van der Waals surface area contributed by atoms with Gasteiger partial charge < -0.3 is 10.2 Å². The van der Waals surface area contributed by atoms with E-state index in [0.717, 1.165) is 34.9 Å². The summed E-state index contributed by atoms with van der Waals surface area (Å²) in [5.41, 5.74) is 0.914. The Hall–Kier alpha value is -3.07. The maximum absolute atomic E-state index is 12.7. The average Bonchev–Trinajstić information content (AvgIpc) is 2.74. The maximum Gasteiger partial charge on any atom is 0.278 e. The molecule has 1 amide bonds. The molecule has 2 aromatic heterocycles. The van der Waals surface area contributed by atoms with Gasteiger partial charge in [-0.25, -0.2) is 4.98 Å². The molecule has 0 radical (unpaired) electrons. The van der Waals surface area contributed by atoms with Crippen LogP contribution in [0.15, 0.2) is 53.4 Å². The van der Waals surface area contributed by atoms with Crippen LogP contribution < -0.4 is 10.2 Å². The molecule has 1 aliphatic heterocycles. The quantitative estimate of drug-likeness (QED) is 0.468. The van der Waals surface area contributed by atoms with Crippen molar-refractivity contribution in [3.63, 3.8) is 0 Å². The SMILES string of the molecule is O=C(Nc1ccc(Br)cn1)[C@H]1CCCN(c2ccc([N+](=O)[O-])c3cnccc23)C1. The van der Waals surface area contributed by atoms with Gasteiger partial charge in [-0.1, -0.05) is 0 Å². The van der Waals surface area contributed by atoms with Crippen LogP contribution in [0, 0.1) is 16.0 Å². The first kappa shape index (κ1) is 19.3. The lowest BCUT2D eigenvalue weighted by molar-refractivity contribution is -0.383. The van der Waals surface area contributed by atoms with E-state index in [1.807, 2.05) is 6.07 Å². The number of fused-ring (bicyclic) bond motifs is 1. The molecule has 3 heterocycles. The highest BCUT2D eigenvalue weighted by atomic mass is 79.9. The molecule has 1 aromatic carbocycles. The second-order valence-electron chi connectivity index (χ2n) is 6.92. The smallest absolute Gasteiger partial charge is 0.278 e. The zero-order valence-corrected chi connectivity index (χ0v) is 17.0. The van der Waals surface area contributed by atoms with E-state index in [1.165, 1.54) is 12.3 Å². The minimum absolute atomic E-state index is 0.0319. The second-order valence-corrected chi connectivity index (χ2v) is 7.83. The van der Waals surface area contributed by atoms with Gasteiger partial charge >= 0.3 is 0 Å². The minimum atomic E-state index is -0.397. The highest BCUT2D eigenvalue weighted by Gasteiger charge is 2.28. The Morgan fingerprint density at radius 2 is 2.07 bits per heavy atom. The van der Waals surface area contributed by atoms with Gasteiger partial charge in [0.05, 0.1) is 16.2 Å². The fourth-order valence-electron chi connectivity index (χ4n) is 3.68. The molecule has 0 bridgehead atoms. The van der Waals surface area contributed by atoms with Gasteiger partial charge in [-0.3, -0.25) is 19.9 Å². The number of nitro benzene ring substituents is 1. The number of nitrogens with zero attached hydrogens (tertiary/aromatic N) is 4. The van der Waals surface area contributed by atoms with Gasteiger partial charge in [0, 0.05) is 53.3 Å². The molecule has 1 saturated heterocycles. The summed E-state index contributed by atoms with van der Waals surface area (Å²) in [4.78, 5) is 34.0. The number of benzene rings is 1. The summed E-state index contributed by atoms with van der Waals surface area (Å²) in [6.45, 7) is 1.33. The van der Waals surface area contributed by atoms with Crippen molar-refractivity contribution in [1.82, 2.24) is 9.97 Å². The van der Waals surface area contributed by atoms with Crippen molar-refractivity contribution in [2.24, 2.45) is 5.92 Å². The van der Waals surface area contributed by atoms with E-state index in [9.17, 15) is 14.9 Å². The summed E-state index contributed by atoms with van der Waals surface area (Å²) in [6, 6.07) is 8.63. The predicted octanol–water partition coefficient (Wildman–Crippen LogP) is 4.16. The van der Waals surface area contributed by atoms with Gasteiger partial charge in [-0.2, -0.15) is 0 Å². The lowest BCUT2D eigenvalue weighted by Crippen LogP contribution is -2.41. The van der Waals surface area contributed by atoms with E-state index < -0.39 is 4.92 Å². The standard InChI is InChI=1S/C20H18BrN5O3/c21-14-3-6-19(23-10-14)24-20(27)13-2-1-9-25(12-13)17-4-5-18(26(28)29)16-11-22-8-7-15(16)17/h3-8,10-11,13H,1-2,9,12H2,(H,23,24,27)/t13-/m0/s1. The van der Waals surface area contributed by atoms with Crippen LogP contribution in [0.5, 0.6) is 0 Å². The van der Waals surface area contributed by atoms with Gasteiger partial charge in [0.15, 0.2) is 0 Å². The molecule has 148 valence electrons. The number of rotatable bonds is 4. The number of nitro groups is 1. The molecule has 8 nitrogen and oxygen atoms in total. The summed E-state index contributed by atoms with van der Waals surface area (Å²) < 4.78 is 0.846. The number of carbonyl (C=O) groups excluding carboxylic acids is 1. The summed E-state index contributed by atoms with van der Waals surface area (Å²) in [5.74, 6) is 0.251. The first-order valence-electron chi connectivity index (χ1n) is 9.21. The summed E-state index contributed by atoms with van der Waals surface area (Å²) in [6.07, 6.45) is 6.42. The summed E-state index contributed by atoms with van der Waals surface area (Å²) >= 11 is 3.33. The normalized spacial score (nSPS) is 16.6. The van der Waals surface area contributed by atoms with Crippen molar-refractivity contribution < 1.29 is 9.72 Å². The molecule has 0 unspecified atom stereocenters. The van der Waals surface area contributed by atoms with Crippen LogP contribution in [-0.4, -0.2) is 33.9 Å². The molecule has 29 heavy (non-hydrogen) atoms. The molecule has 9 heteroatoms. The second kappa shape index (κ2) is 8.12. The number of nitrogens with one attached hydrogen (secondary N) is 1. The first-order chi connectivity index (χ1) is 14.0. The van der Waals surface area contributed by atoms with E-state index in [2.05, 4.69) is 36.1 Å². The Labute approximate surface area is 175 Å². The third-order valence-electron chi connectivity index (χ3n) is 5.08. The number of halogens is 1. The fourth-order valence-corrected chi connectivity index (χ4v) is 3.92. The zero-order valence-electron chi connectivity index (χ0n) is 15.4. The molecule has 0 aliphatic carbocycles. The van der Waals surface area contributed by atoms with Crippen LogP contribution in [0.3, 0.4) is 0 Å². The molecule has 1 N–H and O–H groups in total. The largest absolute Gasteiger partial charge is 0.370 e. The van der Waals surface area contributed by atoms with Crippen LogP contribution in [0.4, 0.5) is 17.2 Å². The molecule has 3 aromatic rings. The first-order valence-corrected chi connectivity index (χ1v) is 10.0. The zero-order chi connectivity index (χ0) is 20.4. The molecule has 4 rings (SSSR count). The number of anilines is 2. The van der Waals surface area contributed by atoms with Crippen LogP contribution >= 0.6 is 15.9 Å². The van der Waals surface area contributed by atoms with Gasteiger partial charge in [0.1, 0.15) is 5.82 Å². The van der Waals surface area contributed by atoms with E-state index in [0.29, 0.717) is 17.7 Å². The monoisotopic (exact) mass is 455 g/mol. The number of piperidine rings is 1.